The third-order valence-corrected chi connectivity index (χ3v) is 5.43. The predicted molar refractivity (Wildman–Crippen MR) is 117 cm³/mol. The van der Waals surface area contributed by atoms with Crippen molar-refractivity contribution in [3.8, 4) is 12.3 Å². The SMILES string of the molecule is C#C[C@H]1O[C@@H](n2cnc3c(Nc4ccc(F)cc4Br)ncnc32)[C@H](OC(C)=O)[C@@H]1OC(C)=O. The number of aromatic nitrogens is 4. The minimum atomic E-state index is -1.04. The highest BCUT2D eigenvalue weighted by Gasteiger charge is 2.50. The Morgan fingerprint density at radius 2 is 1.94 bits per heavy atom. The first-order valence-electron chi connectivity index (χ1n) is 9.64. The van der Waals surface area contributed by atoms with E-state index in [2.05, 4.69) is 42.1 Å². The van der Waals surface area contributed by atoms with Gasteiger partial charge < -0.3 is 19.5 Å². The van der Waals surface area contributed by atoms with Crippen LogP contribution in [0.3, 0.4) is 0 Å². The van der Waals surface area contributed by atoms with Crippen LogP contribution >= 0.6 is 15.9 Å². The summed E-state index contributed by atoms with van der Waals surface area (Å²) in [5.41, 5.74) is 1.27. The Balaban J connectivity index is 1.73. The Morgan fingerprint density at radius 1 is 1.21 bits per heavy atom. The van der Waals surface area contributed by atoms with E-state index in [4.69, 9.17) is 20.6 Å². The molecule has 10 nitrogen and oxygen atoms in total. The Morgan fingerprint density at radius 3 is 2.61 bits per heavy atom. The quantitative estimate of drug-likeness (QED) is 0.402. The Kier molecular flexibility index (Phi) is 6.26. The largest absolute Gasteiger partial charge is 0.455 e. The molecule has 0 unspecified atom stereocenters. The maximum Gasteiger partial charge on any atom is 0.303 e. The number of fused-ring (bicyclic) bond motifs is 1. The van der Waals surface area contributed by atoms with Gasteiger partial charge in [0, 0.05) is 18.3 Å². The van der Waals surface area contributed by atoms with Crippen LogP contribution in [0, 0.1) is 18.2 Å². The number of hydrogen-bond acceptors (Lipinski definition) is 9. The van der Waals surface area contributed by atoms with E-state index >= 15 is 0 Å². The van der Waals surface area contributed by atoms with Crippen molar-refractivity contribution >= 4 is 50.5 Å². The third kappa shape index (κ3) is 4.50. The number of esters is 2. The van der Waals surface area contributed by atoms with Gasteiger partial charge in [-0.25, -0.2) is 19.3 Å². The van der Waals surface area contributed by atoms with Crippen molar-refractivity contribution in [2.75, 3.05) is 5.32 Å². The number of carbonyl (C=O) groups excluding carboxylic acids is 2. The van der Waals surface area contributed by atoms with Gasteiger partial charge in [0.1, 0.15) is 12.1 Å². The number of hydrogen-bond donors (Lipinski definition) is 1. The summed E-state index contributed by atoms with van der Waals surface area (Å²) < 4.78 is 32.0. The second-order valence-corrected chi connectivity index (χ2v) is 7.91. The fourth-order valence-electron chi connectivity index (χ4n) is 3.48. The van der Waals surface area contributed by atoms with Gasteiger partial charge in [-0.05, 0) is 34.1 Å². The van der Waals surface area contributed by atoms with Crippen LogP contribution in [0.15, 0.2) is 35.3 Å². The van der Waals surface area contributed by atoms with E-state index in [-0.39, 0.29) is 0 Å². The lowest BCUT2D eigenvalue weighted by Crippen LogP contribution is -2.38. The maximum atomic E-state index is 13.4. The van der Waals surface area contributed by atoms with Gasteiger partial charge in [-0.1, -0.05) is 5.92 Å². The van der Waals surface area contributed by atoms with Crippen molar-refractivity contribution in [1.82, 2.24) is 19.5 Å². The summed E-state index contributed by atoms with van der Waals surface area (Å²) in [5.74, 6) is 1.15. The Bertz CT molecular complexity index is 1280. The van der Waals surface area contributed by atoms with E-state index in [0.29, 0.717) is 27.1 Å². The molecule has 4 atom stereocenters. The number of nitrogens with zero attached hydrogens (tertiary/aromatic N) is 4. The minimum Gasteiger partial charge on any atom is -0.455 e. The first-order chi connectivity index (χ1) is 15.8. The van der Waals surface area contributed by atoms with Gasteiger partial charge in [0.25, 0.3) is 0 Å². The van der Waals surface area contributed by atoms with E-state index in [1.807, 2.05) is 0 Å². The zero-order valence-corrected chi connectivity index (χ0v) is 18.9. The van der Waals surface area contributed by atoms with Gasteiger partial charge in [0.05, 0.1) is 12.0 Å². The molecule has 12 heteroatoms. The Labute approximate surface area is 195 Å². The predicted octanol–water partition coefficient (Wildman–Crippen LogP) is 2.87. The maximum absolute atomic E-state index is 13.4. The molecule has 0 bridgehead atoms. The van der Waals surface area contributed by atoms with Crippen LogP contribution < -0.4 is 5.32 Å². The molecule has 0 radical (unpaired) electrons. The fourth-order valence-corrected chi connectivity index (χ4v) is 3.93. The number of ether oxygens (including phenoxy) is 3. The summed E-state index contributed by atoms with van der Waals surface area (Å²) >= 11 is 3.30. The molecule has 0 amide bonds. The highest BCUT2D eigenvalue weighted by atomic mass is 79.9. The summed E-state index contributed by atoms with van der Waals surface area (Å²) in [5, 5.41) is 3.08. The number of halogens is 2. The van der Waals surface area contributed by atoms with E-state index in [1.54, 1.807) is 6.07 Å². The Hall–Kier alpha value is -3.56. The standard InChI is InChI=1S/C21H17BrFN5O5/c1-4-15-17(31-10(2)29)18(32-11(3)30)21(33-15)28-9-26-16-19(24-8-25-20(16)28)27-14-6-5-12(23)7-13(14)22/h1,5-9,15,17-18,21H,2-3H3,(H,24,25,27)/t15-,17-,18-,21-/m1/s1. The minimum absolute atomic E-state index is 0.340. The third-order valence-electron chi connectivity index (χ3n) is 4.77. The van der Waals surface area contributed by atoms with E-state index in [0.717, 1.165) is 0 Å². The highest BCUT2D eigenvalue weighted by molar-refractivity contribution is 9.10. The van der Waals surface area contributed by atoms with Gasteiger partial charge in [-0.3, -0.25) is 14.2 Å². The first kappa shape index (κ1) is 22.6. The lowest BCUT2D eigenvalue weighted by molar-refractivity contribution is -0.165. The molecule has 3 aromatic rings. The average molecular weight is 518 g/mol. The second-order valence-electron chi connectivity index (χ2n) is 7.06. The van der Waals surface area contributed by atoms with Crippen LogP contribution in [0.25, 0.3) is 11.2 Å². The lowest BCUT2D eigenvalue weighted by Gasteiger charge is -2.23. The van der Waals surface area contributed by atoms with E-state index in [9.17, 15) is 14.0 Å². The van der Waals surface area contributed by atoms with Gasteiger partial charge in [-0.15, -0.1) is 6.42 Å². The molecule has 33 heavy (non-hydrogen) atoms. The van der Waals surface area contributed by atoms with Crippen LogP contribution in [-0.2, 0) is 23.8 Å². The second kappa shape index (κ2) is 9.13. The first-order valence-corrected chi connectivity index (χ1v) is 10.4. The van der Waals surface area contributed by atoms with Gasteiger partial charge in [-0.2, -0.15) is 0 Å². The van der Waals surface area contributed by atoms with Crippen LogP contribution in [0.2, 0.25) is 0 Å². The molecule has 1 N–H and O–H groups in total. The molecule has 0 aliphatic carbocycles. The fraction of sp³-hybridized carbons (Fsp3) is 0.286. The summed E-state index contributed by atoms with van der Waals surface area (Å²) in [6, 6.07) is 4.15. The van der Waals surface area contributed by atoms with Gasteiger partial charge >= 0.3 is 11.9 Å². The normalized spacial score (nSPS) is 22.0. The molecular formula is C21H17BrFN5O5. The van der Waals surface area contributed by atoms with E-state index in [1.165, 1.54) is 43.2 Å². The molecule has 1 fully saturated rings. The number of nitrogens with one attached hydrogen (secondary N) is 1. The zero-order valence-electron chi connectivity index (χ0n) is 17.4. The summed E-state index contributed by atoms with van der Waals surface area (Å²) in [6.45, 7) is 2.44. The molecule has 2 aromatic heterocycles. The topological polar surface area (TPSA) is 117 Å². The van der Waals surface area contributed by atoms with Gasteiger partial charge in [0.2, 0.25) is 0 Å². The molecule has 3 heterocycles. The molecule has 1 aromatic carbocycles. The summed E-state index contributed by atoms with van der Waals surface area (Å²) in [4.78, 5) is 36.2. The van der Waals surface area contributed by atoms with Gasteiger partial charge in [0.15, 0.2) is 41.5 Å². The number of anilines is 2. The van der Waals surface area contributed by atoms with Crippen molar-refractivity contribution in [1.29, 1.82) is 0 Å². The van der Waals surface area contributed by atoms with Crippen molar-refractivity contribution in [3.63, 3.8) is 0 Å². The zero-order chi connectivity index (χ0) is 23.7. The van der Waals surface area contributed by atoms with Crippen molar-refractivity contribution < 1.29 is 28.2 Å². The van der Waals surface area contributed by atoms with Crippen molar-refractivity contribution in [2.24, 2.45) is 0 Å². The number of rotatable bonds is 5. The van der Waals surface area contributed by atoms with Crippen LogP contribution in [0.1, 0.15) is 20.1 Å². The van der Waals surface area contributed by atoms with E-state index < -0.39 is 42.3 Å². The molecule has 0 spiro atoms. The van der Waals surface area contributed by atoms with Crippen LogP contribution in [0.4, 0.5) is 15.9 Å². The monoisotopic (exact) mass is 517 g/mol. The molecule has 0 saturated carbocycles. The molecule has 1 aliphatic heterocycles. The smallest absolute Gasteiger partial charge is 0.303 e. The van der Waals surface area contributed by atoms with Crippen LogP contribution in [0.5, 0.6) is 0 Å². The van der Waals surface area contributed by atoms with Crippen molar-refractivity contribution in [2.45, 2.75) is 38.4 Å². The van der Waals surface area contributed by atoms with Crippen molar-refractivity contribution in [3.05, 3.63) is 41.1 Å². The summed E-state index contributed by atoms with van der Waals surface area (Å²) in [6.07, 6.45) is 4.30. The molecule has 4 rings (SSSR count). The molecule has 1 saturated heterocycles. The van der Waals surface area contributed by atoms with Crippen LogP contribution in [-0.4, -0.2) is 49.8 Å². The lowest BCUT2D eigenvalue weighted by atomic mass is 10.1. The molecule has 170 valence electrons. The average Bonchev–Trinajstić information content (AvgIpc) is 3.31. The number of benzene rings is 1. The summed E-state index contributed by atoms with van der Waals surface area (Å²) in [7, 11) is 0. The molecular weight excluding hydrogens is 501 g/mol. The number of carbonyl (C=O) groups is 2. The highest BCUT2D eigenvalue weighted by Crippen LogP contribution is 2.36. The molecule has 1 aliphatic rings. The number of terminal acetylenes is 1. The number of imidazole rings is 1.